The highest BCUT2D eigenvalue weighted by atomic mass is 32.2. The Bertz CT molecular complexity index is 948. The Hall–Kier alpha value is -1.78. The van der Waals surface area contributed by atoms with Gasteiger partial charge in [-0.3, -0.25) is 8.37 Å². The molecular formula is C18H22O7S2. The van der Waals surface area contributed by atoms with Crippen LogP contribution in [0.4, 0.5) is 0 Å². The smallest absolute Gasteiger partial charge is 0.297 e. The zero-order valence-electron chi connectivity index (χ0n) is 15.3. The molecule has 0 aromatic heterocycles. The van der Waals surface area contributed by atoms with E-state index in [0.29, 0.717) is 0 Å². The van der Waals surface area contributed by atoms with E-state index in [9.17, 15) is 16.8 Å². The SMILES string of the molecule is COC[C@@H](COS(=O)(=O)c1ccc(C)cc1)OS(=O)(=O)c1ccc(C)cc1. The lowest BCUT2D eigenvalue weighted by Gasteiger charge is -2.17. The second-order valence-electron chi connectivity index (χ2n) is 5.99. The topological polar surface area (TPSA) is 96.0 Å². The van der Waals surface area contributed by atoms with Gasteiger partial charge in [0, 0.05) is 7.11 Å². The van der Waals surface area contributed by atoms with E-state index < -0.39 is 32.9 Å². The zero-order valence-corrected chi connectivity index (χ0v) is 16.9. The second kappa shape index (κ2) is 8.94. The minimum Gasteiger partial charge on any atom is -0.382 e. The molecule has 0 unspecified atom stereocenters. The standard InChI is InChI=1S/C18H22O7S2/c1-14-4-8-17(9-5-14)26(19,20)24-13-16(12-23-3)25-27(21,22)18-10-6-15(2)7-11-18/h4-11,16H,12-13H2,1-3H3/t16-/m0/s1. The molecule has 27 heavy (non-hydrogen) atoms. The van der Waals surface area contributed by atoms with Gasteiger partial charge in [0.15, 0.2) is 0 Å². The van der Waals surface area contributed by atoms with Crippen LogP contribution in [-0.4, -0.2) is 43.3 Å². The van der Waals surface area contributed by atoms with Crippen molar-refractivity contribution in [3.63, 3.8) is 0 Å². The van der Waals surface area contributed by atoms with E-state index in [1.54, 1.807) is 24.3 Å². The zero-order chi connectivity index (χ0) is 20.1. The first-order valence-electron chi connectivity index (χ1n) is 8.09. The fraction of sp³-hybridized carbons (Fsp3) is 0.333. The maximum Gasteiger partial charge on any atom is 0.297 e. The molecule has 0 aliphatic rings. The molecule has 2 rings (SSSR count). The quantitative estimate of drug-likeness (QED) is 0.582. The molecule has 1 atom stereocenters. The van der Waals surface area contributed by atoms with Gasteiger partial charge in [-0.25, -0.2) is 0 Å². The number of aryl methyl sites for hydroxylation is 2. The van der Waals surface area contributed by atoms with Crippen molar-refractivity contribution in [1.82, 2.24) is 0 Å². The van der Waals surface area contributed by atoms with Crippen molar-refractivity contribution >= 4 is 20.2 Å². The lowest BCUT2D eigenvalue weighted by Crippen LogP contribution is -2.29. The van der Waals surface area contributed by atoms with E-state index in [1.165, 1.54) is 31.4 Å². The van der Waals surface area contributed by atoms with Crippen molar-refractivity contribution in [2.24, 2.45) is 0 Å². The van der Waals surface area contributed by atoms with Crippen LogP contribution in [0.1, 0.15) is 11.1 Å². The third-order valence-electron chi connectivity index (χ3n) is 3.64. The van der Waals surface area contributed by atoms with Crippen LogP contribution in [0.3, 0.4) is 0 Å². The molecule has 0 fully saturated rings. The second-order valence-corrected chi connectivity index (χ2v) is 9.18. The van der Waals surface area contributed by atoms with Crippen LogP contribution in [0, 0.1) is 13.8 Å². The van der Waals surface area contributed by atoms with Gasteiger partial charge in [0.05, 0.1) is 23.0 Å². The van der Waals surface area contributed by atoms with Gasteiger partial charge in [-0.2, -0.15) is 16.8 Å². The molecule has 148 valence electrons. The highest BCUT2D eigenvalue weighted by Gasteiger charge is 2.25. The molecule has 9 heteroatoms. The summed E-state index contributed by atoms with van der Waals surface area (Å²) in [7, 11) is -6.79. The molecule has 0 N–H and O–H groups in total. The Morgan fingerprint density at radius 3 is 1.63 bits per heavy atom. The molecule has 0 aliphatic carbocycles. The van der Waals surface area contributed by atoms with Crippen LogP contribution in [0.15, 0.2) is 58.3 Å². The fourth-order valence-corrected chi connectivity index (χ4v) is 4.15. The number of benzene rings is 2. The number of methoxy groups -OCH3 is 1. The first-order valence-corrected chi connectivity index (χ1v) is 10.9. The van der Waals surface area contributed by atoms with E-state index in [-0.39, 0.29) is 16.4 Å². The summed E-state index contributed by atoms with van der Waals surface area (Å²) in [5.74, 6) is 0. The van der Waals surface area contributed by atoms with E-state index in [4.69, 9.17) is 13.1 Å². The van der Waals surface area contributed by atoms with Crippen molar-refractivity contribution in [1.29, 1.82) is 0 Å². The Labute approximate surface area is 160 Å². The van der Waals surface area contributed by atoms with Gasteiger partial charge in [0.1, 0.15) is 6.10 Å². The molecule has 2 aromatic carbocycles. The van der Waals surface area contributed by atoms with Gasteiger partial charge >= 0.3 is 0 Å². The van der Waals surface area contributed by atoms with E-state index >= 15 is 0 Å². The van der Waals surface area contributed by atoms with Crippen LogP contribution in [0.5, 0.6) is 0 Å². The molecule has 7 nitrogen and oxygen atoms in total. The minimum atomic E-state index is -4.09. The number of hydrogen-bond donors (Lipinski definition) is 0. The Morgan fingerprint density at radius 1 is 0.741 bits per heavy atom. The van der Waals surface area contributed by atoms with Crippen molar-refractivity contribution in [3.8, 4) is 0 Å². The lowest BCUT2D eigenvalue weighted by molar-refractivity contribution is 0.0541. The van der Waals surface area contributed by atoms with Gasteiger partial charge in [0.2, 0.25) is 0 Å². The first kappa shape index (κ1) is 21.5. The molecule has 0 amide bonds. The minimum absolute atomic E-state index is 0.0225. The summed E-state index contributed by atoms with van der Waals surface area (Å²) < 4.78 is 64.3. The predicted octanol–water partition coefficient (Wildman–Crippen LogP) is 2.43. The number of rotatable bonds is 9. The maximum atomic E-state index is 12.4. The third-order valence-corrected chi connectivity index (χ3v) is 6.31. The molecule has 0 heterocycles. The summed E-state index contributed by atoms with van der Waals surface area (Å²) in [6.45, 7) is 2.99. The maximum absolute atomic E-state index is 12.4. The van der Waals surface area contributed by atoms with Crippen LogP contribution in [0.25, 0.3) is 0 Å². The Morgan fingerprint density at radius 2 is 1.19 bits per heavy atom. The first-order chi connectivity index (χ1) is 12.6. The summed E-state index contributed by atoms with van der Waals surface area (Å²) in [4.78, 5) is -0.0544. The summed E-state index contributed by atoms with van der Waals surface area (Å²) in [5, 5.41) is 0. The highest BCUT2D eigenvalue weighted by molar-refractivity contribution is 7.87. The van der Waals surface area contributed by atoms with Gasteiger partial charge in [0.25, 0.3) is 20.2 Å². The number of ether oxygens (including phenoxy) is 1. The fourth-order valence-electron chi connectivity index (χ4n) is 2.17. The largest absolute Gasteiger partial charge is 0.382 e. The van der Waals surface area contributed by atoms with Crippen molar-refractivity contribution in [3.05, 3.63) is 59.7 Å². The molecule has 0 bridgehead atoms. The molecule has 0 aliphatic heterocycles. The van der Waals surface area contributed by atoms with Crippen LogP contribution in [0.2, 0.25) is 0 Å². The average molecular weight is 415 g/mol. The molecule has 2 aromatic rings. The summed E-state index contributed by atoms with van der Waals surface area (Å²) >= 11 is 0. The van der Waals surface area contributed by atoms with Gasteiger partial charge < -0.3 is 4.74 Å². The number of hydrogen-bond acceptors (Lipinski definition) is 7. The molecule has 0 saturated heterocycles. The van der Waals surface area contributed by atoms with Crippen LogP contribution >= 0.6 is 0 Å². The summed E-state index contributed by atoms with van der Waals surface area (Å²) in [6, 6.07) is 12.2. The van der Waals surface area contributed by atoms with E-state index in [2.05, 4.69) is 0 Å². The van der Waals surface area contributed by atoms with Crippen LogP contribution in [-0.2, 0) is 33.3 Å². The van der Waals surface area contributed by atoms with Crippen LogP contribution < -0.4 is 0 Å². The average Bonchev–Trinajstić information content (AvgIpc) is 2.60. The lowest BCUT2D eigenvalue weighted by atomic mass is 10.2. The van der Waals surface area contributed by atoms with Crippen molar-refractivity contribution < 1.29 is 29.9 Å². The van der Waals surface area contributed by atoms with Crippen molar-refractivity contribution in [2.45, 2.75) is 29.7 Å². The van der Waals surface area contributed by atoms with Gasteiger partial charge in [-0.15, -0.1) is 0 Å². The molecule has 0 spiro atoms. The highest BCUT2D eigenvalue weighted by Crippen LogP contribution is 2.18. The Balaban J connectivity index is 2.10. The summed E-state index contributed by atoms with van der Waals surface area (Å²) in [6.07, 6.45) is -1.12. The van der Waals surface area contributed by atoms with E-state index in [0.717, 1.165) is 11.1 Å². The molecule has 0 radical (unpaired) electrons. The molecule has 0 saturated carbocycles. The third kappa shape index (κ3) is 6.12. The van der Waals surface area contributed by atoms with Crippen molar-refractivity contribution in [2.75, 3.05) is 20.3 Å². The van der Waals surface area contributed by atoms with Gasteiger partial charge in [-0.1, -0.05) is 35.4 Å². The Kier molecular flexibility index (Phi) is 7.12. The van der Waals surface area contributed by atoms with Gasteiger partial charge in [-0.05, 0) is 38.1 Å². The summed E-state index contributed by atoms with van der Waals surface area (Å²) in [5.41, 5.74) is 1.80. The predicted molar refractivity (Wildman–Crippen MR) is 99.4 cm³/mol. The normalized spacial score (nSPS) is 13.4. The van der Waals surface area contributed by atoms with E-state index in [1.807, 2.05) is 13.8 Å². The monoisotopic (exact) mass is 414 g/mol. The molecular weight excluding hydrogens is 392 g/mol.